The van der Waals surface area contributed by atoms with Crippen LogP contribution in [0.1, 0.15) is 36.1 Å². The van der Waals surface area contributed by atoms with Gasteiger partial charge in [-0.3, -0.25) is 0 Å². The van der Waals surface area contributed by atoms with Gasteiger partial charge < -0.3 is 5.32 Å². The van der Waals surface area contributed by atoms with E-state index in [9.17, 15) is 0 Å². The Hall–Kier alpha value is -1.49. The predicted octanol–water partition coefficient (Wildman–Crippen LogP) is 2.98. The van der Waals surface area contributed by atoms with E-state index in [1.807, 2.05) is 13.0 Å². The van der Waals surface area contributed by atoms with Gasteiger partial charge in [-0.2, -0.15) is 0 Å². The fourth-order valence-corrected chi connectivity index (χ4v) is 2.42. The molecule has 0 spiro atoms. The molecule has 0 aliphatic rings. The number of nitrogens with zero attached hydrogens (tertiary/aromatic N) is 3. The average Bonchev–Trinajstić information content (AvgIpc) is 2.83. The zero-order valence-corrected chi connectivity index (χ0v) is 11.8. The summed E-state index contributed by atoms with van der Waals surface area (Å²) in [4.78, 5) is 13.3. The first-order chi connectivity index (χ1) is 8.71. The third-order valence-corrected chi connectivity index (χ3v) is 3.65. The van der Waals surface area contributed by atoms with Gasteiger partial charge in [0.25, 0.3) is 0 Å². The molecule has 2 heterocycles. The summed E-state index contributed by atoms with van der Waals surface area (Å²) in [6.07, 6.45) is 1.92. The molecule has 96 valence electrons. The number of aryl methyl sites for hydroxylation is 3. The lowest BCUT2D eigenvalue weighted by Crippen LogP contribution is -2.05. The van der Waals surface area contributed by atoms with Crippen molar-refractivity contribution in [1.82, 2.24) is 15.0 Å². The van der Waals surface area contributed by atoms with Gasteiger partial charge in [-0.15, -0.1) is 11.3 Å². The lowest BCUT2D eigenvalue weighted by molar-refractivity contribution is 0.934. The lowest BCUT2D eigenvalue weighted by atomic mass is 10.3. The summed E-state index contributed by atoms with van der Waals surface area (Å²) in [5.74, 6) is 1.69. The van der Waals surface area contributed by atoms with E-state index in [1.54, 1.807) is 11.3 Å². The van der Waals surface area contributed by atoms with Gasteiger partial charge in [-0.05, 0) is 19.8 Å². The molecular formula is C13H18N4S. The van der Waals surface area contributed by atoms with E-state index in [1.165, 1.54) is 5.01 Å². The van der Waals surface area contributed by atoms with Crippen molar-refractivity contribution in [1.29, 1.82) is 0 Å². The molecule has 4 nitrogen and oxygen atoms in total. The second kappa shape index (κ2) is 5.91. The monoisotopic (exact) mass is 262 g/mol. The highest BCUT2D eigenvalue weighted by molar-refractivity contribution is 7.09. The van der Waals surface area contributed by atoms with Crippen molar-refractivity contribution in [2.24, 2.45) is 0 Å². The fourth-order valence-electron chi connectivity index (χ4n) is 1.67. The van der Waals surface area contributed by atoms with E-state index in [2.05, 4.69) is 39.5 Å². The summed E-state index contributed by atoms with van der Waals surface area (Å²) in [6.45, 7) is 6.86. The third kappa shape index (κ3) is 3.26. The molecule has 0 fully saturated rings. The van der Waals surface area contributed by atoms with E-state index < -0.39 is 0 Å². The van der Waals surface area contributed by atoms with Crippen LogP contribution >= 0.6 is 11.3 Å². The average molecular weight is 262 g/mol. The molecule has 0 amide bonds. The molecule has 0 unspecified atom stereocenters. The van der Waals surface area contributed by atoms with Crippen molar-refractivity contribution in [2.75, 3.05) is 5.32 Å². The van der Waals surface area contributed by atoms with Crippen molar-refractivity contribution in [3.05, 3.63) is 33.7 Å². The van der Waals surface area contributed by atoms with Crippen molar-refractivity contribution < 1.29 is 0 Å². The number of nitrogens with one attached hydrogen (secondary N) is 1. The molecule has 0 aliphatic carbocycles. The molecule has 0 aliphatic heterocycles. The summed E-state index contributed by atoms with van der Waals surface area (Å²) >= 11 is 1.71. The number of hydrogen-bond acceptors (Lipinski definition) is 5. The summed E-state index contributed by atoms with van der Waals surface area (Å²) in [7, 11) is 0. The number of anilines is 1. The minimum Gasteiger partial charge on any atom is -0.364 e. The van der Waals surface area contributed by atoms with E-state index in [0.717, 1.165) is 42.4 Å². The van der Waals surface area contributed by atoms with Crippen LogP contribution < -0.4 is 5.32 Å². The van der Waals surface area contributed by atoms with Crippen LogP contribution in [0.2, 0.25) is 0 Å². The summed E-state index contributed by atoms with van der Waals surface area (Å²) in [5, 5.41) is 6.59. The van der Waals surface area contributed by atoms with Gasteiger partial charge in [0.15, 0.2) is 0 Å². The Morgan fingerprint density at radius 3 is 2.61 bits per heavy atom. The Labute approximate surface area is 112 Å². The molecule has 5 heteroatoms. The topological polar surface area (TPSA) is 50.7 Å². The molecule has 0 aromatic carbocycles. The minimum atomic E-state index is 0.718. The quantitative estimate of drug-likeness (QED) is 0.900. The van der Waals surface area contributed by atoms with Crippen LogP contribution in [0, 0.1) is 6.92 Å². The maximum atomic E-state index is 4.52. The number of aromatic nitrogens is 3. The van der Waals surface area contributed by atoms with Gasteiger partial charge in [0.2, 0.25) is 0 Å². The van der Waals surface area contributed by atoms with Crippen LogP contribution in [-0.2, 0) is 19.4 Å². The van der Waals surface area contributed by atoms with Gasteiger partial charge in [-0.1, -0.05) is 13.8 Å². The van der Waals surface area contributed by atoms with Crippen LogP contribution in [0.15, 0.2) is 11.4 Å². The minimum absolute atomic E-state index is 0.718. The molecule has 0 atom stereocenters. The normalized spacial score (nSPS) is 10.6. The molecule has 2 aromatic rings. The van der Waals surface area contributed by atoms with Crippen LogP contribution in [0.3, 0.4) is 0 Å². The first-order valence-electron chi connectivity index (χ1n) is 6.23. The first-order valence-corrected chi connectivity index (χ1v) is 7.11. The molecule has 18 heavy (non-hydrogen) atoms. The highest BCUT2D eigenvalue weighted by Crippen LogP contribution is 2.13. The van der Waals surface area contributed by atoms with E-state index >= 15 is 0 Å². The van der Waals surface area contributed by atoms with Crippen LogP contribution in [0.25, 0.3) is 0 Å². The number of thiazole rings is 1. The van der Waals surface area contributed by atoms with Gasteiger partial charge >= 0.3 is 0 Å². The predicted molar refractivity (Wildman–Crippen MR) is 75.0 cm³/mol. The van der Waals surface area contributed by atoms with E-state index in [-0.39, 0.29) is 0 Å². The summed E-state index contributed by atoms with van der Waals surface area (Å²) in [6, 6.07) is 2.00. The maximum absolute atomic E-state index is 4.52. The molecule has 0 saturated carbocycles. The van der Waals surface area contributed by atoms with Gasteiger partial charge in [0, 0.05) is 17.1 Å². The van der Waals surface area contributed by atoms with Crippen LogP contribution in [0.5, 0.6) is 0 Å². The van der Waals surface area contributed by atoms with Crippen LogP contribution in [-0.4, -0.2) is 15.0 Å². The van der Waals surface area contributed by atoms with Crippen molar-refractivity contribution >= 4 is 17.2 Å². The Morgan fingerprint density at radius 1 is 1.11 bits per heavy atom. The van der Waals surface area contributed by atoms with Gasteiger partial charge in [0.1, 0.15) is 11.6 Å². The highest BCUT2D eigenvalue weighted by Gasteiger charge is 2.03. The fraction of sp³-hybridized carbons (Fsp3) is 0.462. The molecule has 2 rings (SSSR count). The van der Waals surface area contributed by atoms with E-state index in [4.69, 9.17) is 0 Å². The Bertz CT molecular complexity index is 521. The number of rotatable bonds is 5. The maximum Gasteiger partial charge on any atom is 0.130 e. The zero-order chi connectivity index (χ0) is 13.0. The zero-order valence-electron chi connectivity index (χ0n) is 11.0. The Balaban J connectivity index is 2.03. The Morgan fingerprint density at radius 2 is 1.94 bits per heavy atom. The molecule has 0 radical (unpaired) electrons. The standard InChI is InChI=1S/C13H18N4S/c1-4-10-6-12(16-9(3)15-10)14-7-11-8-18-13(5-2)17-11/h6,8H,4-5,7H2,1-3H3,(H,14,15,16). The Kier molecular flexibility index (Phi) is 4.25. The summed E-state index contributed by atoms with van der Waals surface area (Å²) < 4.78 is 0. The van der Waals surface area contributed by atoms with Crippen LogP contribution in [0.4, 0.5) is 5.82 Å². The molecule has 0 bridgehead atoms. The SMILES string of the molecule is CCc1cc(NCc2csc(CC)n2)nc(C)n1. The smallest absolute Gasteiger partial charge is 0.130 e. The van der Waals surface area contributed by atoms with Crippen molar-refractivity contribution in [2.45, 2.75) is 40.2 Å². The summed E-state index contributed by atoms with van der Waals surface area (Å²) in [5.41, 5.74) is 2.14. The second-order valence-corrected chi connectivity index (χ2v) is 5.03. The van der Waals surface area contributed by atoms with Crippen molar-refractivity contribution in [3.63, 3.8) is 0 Å². The third-order valence-electron chi connectivity index (χ3n) is 2.61. The first kappa shape index (κ1) is 13.0. The number of hydrogen-bond donors (Lipinski definition) is 1. The lowest BCUT2D eigenvalue weighted by Gasteiger charge is -2.06. The van der Waals surface area contributed by atoms with Crippen molar-refractivity contribution in [3.8, 4) is 0 Å². The molecule has 2 aromatic heterocycles. The molecule has 0 saturated heterocycles. The molecular weight excluding hydrogens is 244 g/mol. The second-order valence-electron chi connectivity index (χ2n) is 4.08. The van der Waals surface area contributed by atoms with E-state index in [0.29, 0.717) is 0 Å². The largest absolute Gasteiger partial charge is 0.364 e. The van der Waals surface area contributed by atoms with Gasteiger partial charge in [0.05, 0.1) is 17.2 Å². The molecule has 1 N–H and O–H groups in total. The van der Waals surface area contributed by atoms with Gasteiger partial charge in [-0.25, -0.2) is 15.0 Å². The highest BCUT2D eigenvalue weighted by atomic mass is 32.1.